The van der Waals surface area contributed by atoms with Crippen LogP contribution >= 0.6 is 11.6 Å². The molecule has 1 aromatic rings. The molecule has 0 radical (unpaired) electrons. The number of nitrogens with one attached hydrogen (secondary N) is 1. The van der Waals surface area contributed by atoms with Crippen molar-refractivity contribution in [2.45, 2.75) is 0 Å². The second-order valence-electron chi connectivity index (χ2n) is 4.17. The molecule has 0 bridgehead atoms. The molecule has 7 heteroatoms. The maximum absolute atomic E-state index is 11.7. The summed E-state index contributed by atoms with van der Waals surface area (Å²) in [7, 11) is 3.18. The van der Waals surface area contributed by atoms with Crippen LogP contribution in [0.5, 0.6) is 0 Å². The second-order valence-corrected chi connectivity index (χ2v) is 4.60. The lowest BCUT2D eigenvalue weighted by Crippen LogP contribution is -2.37. The molecule has 0 spiro atoms. The number of nitrogens with zero attached hydrogens (tertiary/aromatic N) is 1. The van der Waals surface area contributed by atoms with Crippen LogP contribution in [0.4, 0.5) is 5.69 Å². The number of hydrogen-bond acceptors (Lipinski definition) is 4. The largest absolute Gasteiger partial charge is 0.478 e. The summed E-state index contributed by atoms with van der Waals surface area (Å²) in [5.74, 6) is -1.29. The first kappa shape index (κ1) is 16.3. The van der Waals surface area contributed by atoms with Crippen LogP contribution in [0, 0.1) is 0 Å². The van der Waals surface area contributed by atoms with Gasteiger partial charge in [0.25, 0.3) is 0 Å². The van der Waals surface area contributed by atoms with Crippen LogP contribution in [0.15, 0.2) is 18.2 Å². The zero-order valence-electron chi connectivity index (χ0n) is 11.4. The number of likely N-dealkylation sites (N-methyl/N-ethyl adjacent to an activating group) is 1. The van der Waals surface area contributed by atoms with Gasteiger partial charge in [0.2, 0.25) is 5.91 Å². The van der Waals surface area contributed by atoms with E-state index in [1.165, 1.54) is 23.1 Å². The van der Waals surface area contributed by atoms with Gasteiger partial charge in [0.15, 0.2) is 0 Å². The molecule has 1 aromatic carbocycles. The number of ether oxygens (including phenoxy) is 1. The Balaban J connectivity index is 2.76. The molecular formula is C13H17ClN2O4. The summed E-state index contributed by atoms with van der Waals surface area (Å²) in [6.07, 6.45) is 0. The number of aromatic carboxylic acids is 1. The van der Waals surface area contributed by atoms with E-state index in [1.807, 2.05) is 0 Å². The van der Waals surface area contributed by atoms with Gasteiger partial charge in [-0.3, -0.25) is 4.79 Å². The van der Waals surface area contributed by atoms with Crippen molar-refractivity contribution in [2.24, 2.45) is 0 Å². The number of amides is 1. The van der Waals surface area contributed by atoms with Gasteiger partial charge in [0.1, 0.15) is 0 Å². The number of methoxy groups -OCH3 is 1. The van der Waals surface area contributed by atoms with Crippen LogP contribution in [0.25, 0.3) is 0 Å². The SMILES string of the molecule is COCCNC(=O)CN(C)c1cc(Cl)ccc1C(=O)O. The first-order valence-electron chi connectivity index (χ1n) is 5.95. The zero-order valence-corrected chi connectivity index (χ0v) is 12.1. The number of carboxylic acids is 1. The molecule has 0 atom stereocenters. The molecule has 0 aliphatic carbocycles. The summed E-state index contributed by atoms with van der Waals surface area (Å²) in [5.41, 5.74) is 0.494. The Kier molecular flexibility index (Phi) is 6.27. The monoisotopic (exact) mass is 300 g/mol. The number of carbonyl (C=O) groups is 2. The quantitative estimate of drug-likeness (QED) is 0.741. The molecule has 0 aromatic heterocycles. The van der Waals surface area contributed by atoms with E-state index >= 15 is 0 Å². The van der Waals surface area contributed by atoms with E-state index in [1.54, 1.807) is 14.2 Å². The van der Waals surface area contributed by atoms with Gasteiger partial charge in [-0.25, -0.2) is 4.79 Å². The predicted molar refractivity (Wildman–Crippen MR) is 76.6 cm³/mol. The molecule has 1 amide bonds. The number of carbonyl (C=O) groups excluding carboxylic acids is 1. The van der Waals surface area contributed by atoms with Crippen molar-refractivity contribution in [2.75, 3.05) is 38.8 Å². The van der Waals surface area contributed by atoms with Crippen LogP contribution in [-0.2, 0) is 9.53 Å². The lowest BCUT2D eigenvalue weighted by atomic mass is 10.1. The Morgan fingerprint density at radius 3 is 2.75 bits per heavy atom. The number of hydrogen-bond donors (Lipinski definition) is 2. The van der Waals surface area contributed by atoms with Gasteiger partial charge in [-0.2, -0.15) is 0 Å². The summed E-state index contributed by atoms with van der Waals surface area (Å²) in [6, 6.07) is 4.44. The van der Waals surface area contributed by atoms with E-state index < -0.39 is 5.97 Å². The molecule has 2 N–H and O–H groups in total. The first-order valence-corrected chi connectivity index (χ1v) is 6.33. The van der Waals surface area contributed by atoms with Crippen LogP contribution in [-0.4, -0.2) is 50.8 Å². The fourth-order valence-corrected chi connectivity index (χ4v) is 1.82. The van der Waals surface area contributed by atoms with Gasteiger partial charge >= 0.3 is 5.97 Å². The topological polar surface area (TPSA) is 78.9 Å². The van der Waals surface area contributed by atoms with Crippen LogP contribution in [0.3, 0.4) is 0 Å². The van der Waals surface area contributed by atoms with E-state index in [2.05, 4.69) is 5.32 Å². The molecule has 6 nitrogen and oxygen atoms in total. The molecule has 20 heavy (non-hydrogen) atoms. The van der Waals surface area contributed by atoms with E-state index in [4.69, 9.17) is 21.4 Å². The first-order chi connectivity index (χ1) is 9.45. The fourth-order valence-electron chi connectivity index (χ4n) is 1.65. The molecule has 1 rings (SSSR count). The summed E-state index contributed by atoms with van der Waals surface area (Å²) < 4.78 is 4.82. The van der Waals surface area contributed by atoms with E-state index in [-0.39, 0.29) is 18.0 Å². The van der Waals surface area contributed by atoms with Gasteiger partial charge in [0.05, 0.1) is 24.4 Å². The van der Waals surface area contributed by atoms with Gasteiger partial charge in [-0.1, -0.05) is 11.6 Å². The highest BCUT2D eigenvalue weighted by atomic mass is 35.5. The third-order valence-electron chi connectivity index (χ3n) is 2.61. The molecule has 0 aliphatic heterocycles. The summed E-state index contributed by atoms with van der Waals surface area (Å²) >= 11 is 5.87. The highest BCUT2D eigenvalue weighted by Crippen LogP contribution is 2.24. The van der Waals surface area contributed by atoms with E-state index in [0.717, 1.165) is 0 Å². The Bertz CT molecular complexity index is 493. The minimum absolute atomic E-state index is 0.0321. The van der Waals surface area contributed by atoms with Crippen LogP contribution < -0.4 is 10.2 Å². The van der Waals surface area contributed by atoms with Crippen molar-refractivity contribution < 1.29 is 19.4 Å². The highest BCUT2D eigenvalue weighted by Gasteiger charge is 2.16. The zero-order chi connectivity index (χ0) is 15.1. The van der Waals surface area contributed by atoms with Crippen molar-refractivity contribution in [1.29, 1.82) is 0 Å². The van der Waals surface area contributed by atoms with Gasteiger partial charge in [0, 0.05) is 25.7 Å². The molecule has 0 heterocycles. The van der Waals surface area contributed by atoms with E-state index in [0.29, 0.717) is 23.9 Å². The average molecular weight is 301 g/mol. The van der Waals surface area contributed by atoms with Crippen molar-refractivity contribution in [3.05, 3.63) is 28.8 Å². The number of carboxylic acid groups (broad SMARTS) is 1. The third-order valence-corrected chi connectivity index (χ3v) is 2.85. The Labute approximate surface area is 122 Å². The maximum atomic E-state index is 11.7. The summed E-state index contributed by atoms with van der Waals surface area (Å²) in [5, 5.41) is 12.2. The molecule has 0 saturated heterocycles. The molecule has 110 valence electrons. The van der Waals surface area contributed by atoms with Crippen LogP contribution in [0.1, 0.15) is 10.4 Å². The summed E-state index contributed by atoms with van der Waals surface area (Å²) in [6.45, 7) is 0.863. The normalized spacial score (nSPS) is 10.2. The predicted octanol–water partition coefficient (Wildman–Crippen LogP) is 1.24. The average Bonchev–Trinajstić information content (AvgIpc) is 2.38. The second kappa shape index (κ2) is 7.72. The Hall–Kier alpha value is -1.79. The lowest BCUT2D eigenvalue weighted by Gasteiger charge is -2.21. The Morgan fingerprint density at radius 2 is 2.15 bits per heavy atom. The fraction of sp³-hybridized carbons (Fsp3) is 0.385. The standard InChI is InChI=1S/C13H17ClN2O4/c1-16(8-12(17)15-5-6-20-2)11-7-9(14)3-4-10(11)13(18)19/h3-4,7H,5-6,8H2,1-2H3,(H,15,17)(H,18,19). The minimum Gasteiger partial charge on any atom is -0.478 e. The van der Waals surface area contributed by atoms with Crippen molar-refractivity contribution >= 4 is 29.2 Å². The molecule has 0 unspecified atom stereocenters. The van der Waals surface area contributed by atoms with Gasteiger partial charge < -0.3 is 20.1 Å². The van der Waals surface area contributed by atoms with Gasteiger partial charge in [-0.15, -0.1) is 0 Å². The Morgan fingerprint density at radius 1 is 1.45 bits per heavy atom. The lowest BCUT2D eigenvalue weighted by molar-refractivity contribution is -0.119. The molecular weight excluding hydrogens is 284 g/mol. The van der Waals surface area contributed by atoms with Crippen molar-refractivity contribution in [1.82, 2.24) is 5.32 Å². The number of anilines is 1. The van der Waals surface area contributed by atoms with Crippen LogP contribution in [0.2, 0.25) is 5.02 Å². The van der Waals surface area contributed by atoms with Crippen molar-refractivity contribution in [3.8, 4) is 0 Å². The number of rotatable bonds is 7. The molecule has 0 aliphatic rings. The number of halogens is 1. The number of benzene rings is 1. The van der Waals surface area contributed by atoms with Crippen molar-refractivity contribution in [3.63, 3.8) is 0 Å². The maximum Gasteiger partial charge on any atom is 0.337 e. The molecule has 0 fully saturated rings. The smallest absolute Gasteiger partial charge is 0.337 e. The third kappa shape index (κ3) is 4.71. The van der Waals surface area contributed by atoms with Gasteiger partial charge in [-0.05, 0) is 18.2 Å². The minimum atomic E-state index is -1.07. The highest BCUT2D eigenvalue weighted by molar-refractivity contribution is 6.31. The summed E-state index contributed by atoms with van der Waals surface area (Å²) in [4.78, 5) is 24.4. The molecule has 0 saturated carbocycles. The van der Waals surface area contributed by atoms with E-state index in [9.17, 15) is 9.59 Å².